The van der Waals surface area contributed by atoms with Crippen molar-refractivity contribution in [2.75, 3.05) is 24.3 Å². The molecule has 0 bridgehead atoms. The minimum absolute atomic E-state index is 0.00283. The van der Waals surface area contributed by atoms with Crippen LogP contribution < -0.4 is 10.2 Å². The van der Waals surface area contributed by atoms with E-state index < -0.39 is 0 Å². The normalized spacial score (nSPS) is 11.8. The molecule has 0 aliphatic rings. The molecule has 2 aromatic carbocycles. The van der Waals surface area contributed by atoms with Crippen LogP contribution in [0.3, 0.4) is 0 Å². The maximum atomic E-state index is 13.6. The monoisotopic (exact) mass is 423 g/mol. The minimum Gasteiger partial charge on any atom is -0.377 e. The highest BCUT2D eigenvalue weighted by atomic mass is 16.2. The minimum atomic E-state index is -0.0572. The second-order valence-electron chi connectivity index (χ2n) is 8.21. The number of amides is 2. The standard InChI is InChI=1S/C26H37N3O2/c1-7-20(8-2)26(31)29(19(4)21-13-11-10-12-14-21)18-22-17-23(27-25(30)9-3)15-16-24(22)28(5)6/h10-17,19-20H,7-9,18H2,1-6H3,(H,27,30)/t19-/m0/s1. The lowest BCUT2D eigenvalue weighted by Crippen LogP contribution is -2.37. The number of hydrogen-bond acceptors (Lipinski definition) is 3. The Kier molecular flexibility index (Phi) is 9.10. The van der Waals surface area contributed by atoms with Crippen molar-refractivity contribution in [2.24, 2.45) is 5.92 Å². The Morgan fingerprint density at radius 3 is 2.16 bits per heavy atom. The van der Waals surface area contributed by atoms with Gasteiger partial charge >= 0.3 is 0 Å². The predicted octanol–water partition coefficient (Wildman–Crippen LogP) is 5.63. The molecule has 0 saturated heterocycles. The van der Waals surface area contributed by atoms with Gasteiger partial charge in [-0.25, -0.2) is 0 Å². The number of nitrogens with zero attached hydrogens (tertiary/aromatic N) is 2. The Hall–Kier alpha value is -2.82. The largest absolute Gasteiger partial charge is 0.377 e. The van der Waals surface area contributed by atoms with E-state index >= 15 is 0 Å². The van der Waals surface area contributed by atoms with Crippen molar-refractivity contribution < 1.29 is 9.59 Å². The lowest BCUT2D eigenvalue weighted by atomic mass is 9.98. The van der Waals surface area contributed by atoms with Crippen molar-refractivity contribution in [1.82, 2.24) is 4.90 Å². The second-order valence-corrected chi connectivity index (χ2v) is 8.21. The van der Waals surface area contributed by atoms with E-state index in [4.69, 9.17) is 0 Å². The van der Waals surface area contributed by atoms with Crippen LogP contribution in [0.4, 0.5) is 11.4 Å². The van der Waals surface area contributed by atoms with Gasteiger partial charge in [-0.1, -0.05) is 51.1 Å². The molecule has 0 spiro atoms. The van der Waals surface area contributed by atoms with Crippen molar-refractivity contribution in [1.29, 1.82) is 0 Å². The average molecular weight is 424 g/mol. The molecule has 31 heavy (non-hydrogen) atoms. The first-order valence-electron chi connectivity index (χ1n) is 11.3. The third-order valence-electron chi connectivity index (χ3n) is 5.87. The molecule has 1 atom stereocenters. The lowest BCUT2D eigenvalue weighted by molar-refractivity contribution is -0.138. The molecule has 168 valence electrons. The molecule has 2 amide bonds. The zero-order chi connectivity index (χ0) is 23.0. The van der Waals surface area contributed by atoms with E-state index in [1.165, 1.54) is 0 Å². The fourth-order valence-electron chi connectivity index (χ4n) is 3.85. The summed E-state index contributed by atoms with van der Waals surface area (Å²) in [6.45, 7) is 8.55. The second kappa shape index (κ2) is 11.5. The van der Waals surface area contributed by atoms with Crippen LogP contribution in [-0.2, 0) is 16.1 Å². The predicted molar refractivity (Wildman–Crippen MR) is 129 cm³/mol. The van der Waals surface area contributed by atoms with E-state index in [0.717, 1.165) is 35.3 Å². The summed E-state index contributed by atoms with van der Waals surface area (Å²) in [5.74, 6) is 0.150. The van der Waals surface area contributed by atoms with E-state index in [2.05, 4.69) is 38.2 Å². The van der Waals surface area contributed by atoms with Gasteiger partial charge in [0.15, 0.2) is 0 Å². The number of anilines is 2. The summed E-state index contributed by atoms with van der Waals surface area (Å²) in [6, 6.07) is 16.0. The molecule has 1 N–H and O–H groups in total. The van der Waals surface area contributed by atoms with Crippen molar-refractivity contribution in [3.8, 4) is 0 Å². The molecule has 2 aromatic rings. The highest BCUT2D eigenvalue weighted by Crippen LogP contribution is 2.30. The molecule has 0 heterocycles. The molecule has 5 nitrogen and oxygen atoms in total. The zero-order valence-corrected chi connectivity index (χ0v) is 19.8. The Morgan fingerprint density at radius 1 is 0.968 bits per heavy atom. The molecular formula is C26H37N3O2. The van der Waals surface area contributed by atoms with Crippen LogP contribution in [0, 0.1) is 5.92 Å². The summed E-state index contributed by atoms with van der Waals surface area (Å²) in [5, 5.41) is 2.95. The van der Waals surface area contributed by atoms with Gasteiger partial charge in [0, 0.05) is 44.4 Å². The summed E-state index contributed by atoms with van der Waals surface area (Å²) in [6.07, 6.45) is 2.07. The first kappa shape index (κ1) is 24.4. The van der Waals surface area contributed by atoms with E-state index in [-0.39, 0.29) is 23.8 Å². The summed E-state index contributed by atoms with van der Waals surface area (Å²) in [7, 11) is 3.99. The molecule has 0 aromatic heterocycles. The van der Waals surface area contributed by atoms with Crippen molar-refractivity contribution >= 4 is 23.2 Å². The van der Waals surface area contributed by atoms with Crippen LogP contribution in [0.5, 0.6) is 0 Å². The molecule has 0 saturated carbocycles. The molecule has 0 fully saturated rings. The van der Waals surface area contributed by atoms with Crippen LogP contribution in [-0.4, -0.2) is 30.8 Å². The summed E-state index contributed by atoms with van der Waals surface area (Å²) >= 11 is 0. The van der Waals surface area contributed by atoms with Gasteiger partial charge in [0.25, 0.3) is 0 Å². The quantitative estimate of drug-likeness (QED) is 0.539. The van der Waals surface area contributed by atoms with Gasteiger partial charge in [0.1, 0.15) is 0 Å². The summed E-state index contributed by atoms with van der Waals surface area (Å²) in [4.78, 5) is 29.5. The SMILES string of the molecule is CCC(=O)Nc1ccc(N(C)C)c(CN(C(=O)C(CC)CC)[C@@H](C)c2ccccc2)c1. The van der Waals surface area contributed by atoms with Gasteiger partial charge in [-0.05, 0) is 49.1 Å². The number of carbonyl (C=O) groups is 2. The van der Waals surface area contributed by atoms with Crippen molar-refractivity contribution in [3.63, 3.8) is 0 Å². The highest BCUT2D eigenvalue weighted by molar-refractivity contribution is 5.91. The molecule has 0 radical (unpaired) electrons. The lowest BCUT2D eigenvalue weighted by Gasteiger charge is -2.34. The third-order valence-corrected chi connectivity index (χ3v) is 5.87. The number of benzene rings is 2. The average Bonchev–Trinajstić information content (AvgIpc) is 2.78. The van der Waals surface area contributed by atoms with Gasteiger partial charge in [0.05, 0.1) is 6.04 Å². The maximum Gasteiger partial charge on any atom is 0.226 e. The van der Waals surface area contributed by atoms with Gasteiger partial charge in [-0.2, -0.15) is 0 Å². The molecule has 0 aliphatic heterocycles. The van der Waals surface area contributed by atoms with Gasteiger partial charge in [0.2, 0.25) is 11.8 Å². The highest BCUT2D eigenvalue weighted by Gasteiger charge is 2.27. The van der Waals surface area contributed by atoms with Crippen LogP contribution in [0.15, 0.2) is 48.5 Å². The van der Waals surface area contributed by atoms with Gasteiger partial charge in [-0.15, -0.1) is 0 Å². The molecule has 5 heteroatoms. The van der Waals surface area contributed by atoms with E-state index in [0.29, 0.717) is 13.0 Å². The van der Waals surface area contributed by atoms with Crippen LogP contribution in [0.2, 0.25) is 0 Å². The Morgan fingerprint density at radius 2 is 1.61 bits per heavy atom. The fourth-order valence-corrected chi connectivity index (χ4v) is 3.85. The molecule has 2 rings (SSSR count). The topological polar surface area (TPSA) is 52.7 Å². The van der Waals surface area contributed by atoms with E-state index in [1.54, 1.807) is 0 Å². The van der Waals surface area contributed by atoms with Gasteiger partial charge in [-0.3, -0.25) is 9.59 Å². The van der Waals surface area contributed by atoms with Crippen molar-refractivity contribution in [2.45, 2.75) is 59.5 Å². The smallest absolute Gasteiger partial charge is 0.226 e. The maximum absolute atomic E-state index is 13.6. The zero-order valence-electron chi connectivity index (χ0n) is 19.8. The molecule has 0 aliphatic carbocycles. The van der Waals surface area contributed by atoms with E-state index in [1.807, 2.05) is 67.2 Å². The third kappa shape index (κ3) is 6.33. The van der Waals surface area contributed by atoms with Crippen LogP contribution in [0.25, 0.3) is 0 Å². The molecular weight excluding hydrogens is 386 g/mol. The number of nitrogens with one attached hydrogen (secondary N) is 1. The summed E-state index contributed by atoms with van der Waals surface area (Å²) < 4.78 is 0. The fraction of sp³-hybridized carbons (Fsp3) is 0.462. The molecule has 0 unspecified atom stereocenters. The van der Waals surface area contributed by atoms with E-state index in [9.17, 15) is 9.59 Å². The van der Waals surface area contributed by atoms with Crippen LogP contribution >= 0.6 is 0 Å². The number of rotatable bonds is 10. The summed E-state index contributed by atoms with van der Waals surface area (Å²) in [5.41, 5.74) is 3.93. The Balaban J connectivity index is 2.48. The van der Waals surface area contributed by atoms with Crippen LogP contribution in [0.1, 0.15) is 64.1 Å². The first-order chi connectivity index (χ1) is 14.8. The van der Waals surface area contributed by atoms with Gasteiger partial charge < -0.3 is 15.1 Å². The Labute approximate surface area is 187 Å². The number of hydrogen-bond donors (Lipinski definition) is 1. The number of carbonyl (C=O) groups excluding carboxylic acids is 2. The Bertz CT molecular complexity index is 860. The first-order valence-corrected chi connectivity index (χ1v) is 11.3. The van der Waals surface area contributed by atoms with Crippen molar-refractivity contribution in [3.05, 3.63) is 59.7 Å².